The summed E-state index contributed by atoms with van der Waals surface area (Å²) < 4.78 is 28.7. The lowest BCUT2D eigenvalue weighted by atomic mass is 9.43. The molecule has 4 saturated carbocycles. The molecule has 0 spiro atoms. The maximum atomic E-state index is 13.4. The van der Waals surface area contributed by atoms with Gasteiger partial charge in [-0.05, 0) is 107 Å². The minimum atomic E-state index is -3.84. The van der Waals surface area contributed by atoms with E-state index in [0.29, 0.717) is 18.3 Å². The third-order valence-corrected chi connectivity index (χ3v) is 9.47. The van der Waals surface area contributed by atoms with Crippen molar-refractivity contribution >= 4 is 21.7 Å². The van der Waals surface area contributed by atoms with Crippen molar-refractivity contribution in [3.05, 3.63) is 29.3 Å². The lowest BCUT2D eigenvalue weighted by Crippen LogP contribution is -2.58. The molecule has 4 aliphatic rings. The molecule has 0 aliphatic heterocycles. The van der Waals surface area contributed by atoms with Gasteiger partial charge in [-0.1, -0.05) is 6.07 Å². The van der Waals surface area contributed by atoms with Gasteiger partial charge >= 0.3 is 0 Å². The van der Waals surface area contributed by atoms with Gasteiger partial charge in [0.15, 0.2) is 5.78 Å². The zero-order chi connectivity index (χ0) is 22.8. The van der Waals surface area contributed by atoms with E-state index in [1.54, 1.807) is 26.0 Å². The molecule has 7 heteroatoms. The fourth-order valence-electron chi connectivity index (χ4n) is 7.05. The van der Waals surface area contributed by atoms with Crippen LogP contribution in [0.4, 0.5) is 0 Å². The second-order valence-corrected chi connectivity index (χ2v) is 12.9. The van der Waals surface area contributed by atoms with Crippen molar-refractivity contribution in [2.24, 2.45) is 28.4 Å². The highest BCUT2D eigenvalue weighted by Crippen LogP contribution is 2.66. The first-order valence-corrected chi connectivity index (χ1v) is 12.7. The zero-order valence-corrected chi connectivity index (χ0v) is 19.8. The Balaban J connectivity index is 1.54. The zero-order valence-electron chi connectivity index (χ0n) is 19.0. The van der Waals surface area contributed by atoms with Crippen LogP contribution >= 0.6 is 0 Å². The minimum Gasteiger partial charge on any atom is -0.369 e. The first kappa shape index (κ1) is 22.5. The summed E-state index contributed by atoms with van der Waals surface area (Å²) in [7, 11) is -3.84. The molecule has 2 atom stereocenters. The van der Waals surface area contributed by atoms with Gasteiger partial charge in [0.25, 0.3) is 0 Å². The highest BCUT2D eigenvalue weighted by molar-refractivity contribution is 7.89. The number of hydrogen-bond acceptors (Lipinski definition) is 4. The van der Waals surface area contributed by atoms with Gasteiger partial charge in [-0.25, -0.2) is 8.42 Å². The number of ketones is 1. The Bertz CT molecular complexity index is 1010. The van der Waals surface area contributed by atoms with E-state index in [4.69, 9.17) is 5.73 Å². The molecule has 1 aromatic carbocycles. The second-order valence-electron chi connectivity index (χ2n) is 11.3. The average molecular weight is 447 g/mol. The summed E-state index contributed by atoms with van der Waals surface area (Å²) in [6, 6.07) is 5.15. The van der Waals surface area contributed by atoms with Crippen molar-refractivity contribution in [1.82, 2.24) is 4.72 Å². The number of Topliss-reactive ketones (excluding diaryl/α,β-unsaturated/α-hetero) is 1. The molecule has 6 nitrogen and oxygen atoms in total. The van der Waals surface area contributed by atoms with Crippen LogP contribution in [0.5, 0.6) is 0 Å². The van der Waals surface area contributed by atoms with Crippen molar-refractivity contribution in [2.45, 2.75) is 83.1 Å². The lowest BCUT2D eigenvalue weighted by Gasteiger charge is -2.61. The number of rotatable bonds is 7. The molecule has 4 bridgehead atoms. The van der Waals surface area contributed by atoms with Crippen LogP contribution in [-0.4, -0.2) is 25.6 Å². The maximum absolute atomic E-state index is 13.4. The molecule has 170 valence electrons. The van der Waals surface area contributed by atoms with Crippen LogP contribution < -0.4 is 10.5 Å². The van der Waals surface area contributed by atoms with Crippen LogP contribution in [0.15, 0.2) is 23.1 Å². The smallest absolute Gasteiger partial charge is 0.241 e. The summed E-state index contributed by atoms with van der Waals surface area (Å²) in [6.45, 7) is 6.98. The number of aryl methyl sites for hydroxylation is 2. The van der Waals surface area contributed by atoms with E-state index in [1.807, 2.05) is 19.9 Å². The number of sulfonamides is 1. The van der Waals surface area contributed by atoms with E-state index in [0.717, 1.165) is 43.2 Å². The molecular weight excluding hydrogens is 412 g/mol. The molecule has 1 aromatic rings. The highest BCUT2D eigenvalue weighted by atomic mass is 32.2. The molecule has 2 unspecified atom stereocenters. The number of carbonyl (C=O) groups is 2. The lowest BCUT2D eigenvalue weighted by molar-refractivity contribution is -0.158. The summed E-state index contributed by atoms with van der Waals surface area (Å²) in [5.41, 5.74) is 5.58. The van der Waals surface area contributed by atoms with Gasteiger partial charge in [0.1, 0.15) is 0 Å². The Labute approximate surface area is 185 Å². The van der Waals surface area contributed by atoms with Gasteiger partial charge in [-0.3, -0.25) is 9.59 Å². The van der Waals surface area contributed by atoms with Gasteiger partial charge in [0.05, 0.1) is 15.8 Å². The fraction of sp³-hybridized carbons (Fsp3) is 0.667. The van der Waals surface area contributed by atoms with Crippen LogP contribution in [0.25, 0.3) is 0 Å². The number of carbonyl (C=O) groups excluding carboxylic acids is 2. The van der Waals surface area contributed by atoms with Crippen molar-refractivity contribution in [2.75, 3.05) is 0 Å². The third kappa shape index (κ3) is 4.07. The molecular formula is C24H34N2O4S. The van der Waals surface area contributed by atoms with Crippen molar-refractivity contribution in [1.29, 1.82) is 0 Å². The number of primary amides is 1. The van der Waals surface area contributed by atoms with Gasteiger partial charge in [0.2, 0.25) is 15.9 Å². The summed E-state index contributed by atoms with van der Waals surface area (Å²) >= 11 is 0. The number of nitrogens with two attached hydrogens (primary N) is 1. The first-order valence-electron chi connectivity index (χ1n) is 11.2. The predicted molar refractivity (Wildman–Crippen MR) is 119 cm³/mol. The maximum Gasteiger partial charge on any atom is 0.241 e. The van der Waals surface area contributed by atoms with E-state index < -0.39 is 21.0 Å². The van der Waals surface area contributed by atoms with Crippen molar-refractivity contribution < 1.29 is 18.0 Å². The summed E-state index contributed by atoms with van der Waals surface area (Å²) in [4.78, 5) is 25.9. The molecule has 0 aromatic heterocycles. The molecule has 4 aliphatic carbocycles. The molecule has 1 amide bonds. The summed E-state index contributed by atoms with van der Waals surface area (Å²) in [5.74, 6) is 0.531. The van der Waals surface area contributed by atoms with Gasteiger partial charge in [-0.15, -0.1) is 0 Å². The molecule has 0 heterocycles. The standard InChI is InChI=1S/C24H34N2O4S/c1-15-5-16(2)7-19(6-15)31(29,30)26-22(3,4)20(27)13-23-9-17-8-18(10-23)12-24(11-17,14-23)21(25)28/h5-7,17-18,26H,8-14H2,1-4H3,(H2,25,28). The summed E-state index contributed by atoms with van der Waals surface area (Å²) in [5, 5.41) is 0. The number of hydrogen-bond donors (Lipinski definition) is 2. The molecule has 4 fully saturated rings. The first-order chi connectivity index (χ1) is 14.2. The minimum absolute atomic E-state index is 0.123. The van der Waals surface area contributed by atoms with Gasteiger partial charge in [-0.2, -0.15) is 4.72 Å². The van der Waals surface area contributed by atoms with Crippen LogP contribution in [-0.2, 0) is 19.6 Å². The van der Waals surface area contributed by atoms with Crippen molar-refractivity contribution in [3.8, 4) is 0 Å². The summed E-state index contributed by atoms with van der Waals surface area (Å²) in [6.07, 6.45) is 5.63. The normalized spacial score (nSPS) is 32.3. The van der Waals surface area contributed by atoms with E-state index in [-0.39, 0.29) is 28.4 Å². The Hall–Kier alpha value is -1.73. The van der Waals surface area contributed by atoms with E-state index in [1.165, 1.54) is 0 Å². The number of nitrogens with one attached hydrogen (secondary N) is 1. The van der Waals surface area contributed by atoms with Crippen LogP contribution in [0.3, 0.4) is 0 Å². The quantitative estimate of drug-likeness (QED) is 0.669. The van der Waals surface area contributed by atoms with E-state index in [9.17, 15) is 18.0 Å². The molecule has 3 N–H and O–H groups in total. The Kier molecular flexibility index (Phi) is 5.17. The van der Waals surface area contributed by atoms with Gasteiger partial charge < -0.3 is 5.73 Å². The monoisotopic (exact) mass is 446 g/mol. The molecule has 5 rings (SSSR count). The Morgan fingerprint density at radius 1 is 1.06 bits per heavy atom. The predicted octanol–water partition coefficient (Wildman–Crippen LogP) is 3.39. The number of amides is 1. The molecule has 0 radical (unpaired) electrons. The number of benzene rings is 1. The largest absolute Gasteiger partial charge is 0.369 e. The van der Waals surface area contributed by atoms with E-state index in [2.05, 4.69) is 4.72 Å². The second kappa shape index (κ2) is 7.14. The van der Waals surface area contributed by atoms with Gasteiger partial charge in [0, 0.05) is 6.42 Å². The van der Waals surface area contributed by atoms with Crippen molar-refractivity contribution in [3.63, 3.8) is 0 Å². The molecule has 31 heavy (non-hydrogen) atoms. The topological polar surface area (TPSA) is 106 Å². The average Bonchev–Trinajstić information content (AvgIpc) is 2.58. The SMILES string of the molecule is Cc1cc(C)cc(S(=O)(=O)NC(C)(C)C(=O)CC23CC4CC(C2)CC(C(N)=O)(C4)C3)c1. The third-order valence-electron chi connectivity index (χ3n) is 7.83. The Morgan fingerprint density at radius 2 is 1.61 bits per heavy atom. The van der Waals surface area contributed by atoms with Crippen LogP contribution in [0.2, 0.25) is 0 Å². The van der Waals surface area contributed by atoms with Crippen LogP contribution in [0.1, 0.15) is 69.9 Å². The van der Waals surface area contributed by atoms with Crippen LogP contribution in [0, 0.1) is 36.5 Å². The highest BCUT2D eigenvalue weighted by Gasteiger charge is 2.60. The molecule has 0 saturated heterocycles. The Morgan fingerprint density at radius 3 is 2.13 bits per heavy atom. The van der Waals surface area contributed by atoms with E-state index >= 15 is 0 Å². The fourth-order valence-corrected chi connectivity index (χ4v) is 8.63.